The van der Waals surface area contributed by atoms with Crippen LogP contribution in [-0.2, 0) is 7.05 Å². The van der Waals surface area contributed by atoms with Gasteiger partial charge in [-0.15, -0.1) is 5.10 Å². The Morgan fingerprint density at radius 1 is 1.56 bits per heavy atom. The summed E-state index contributed by atoms with van der Waals surface area (Å²) in [6, 6.07) is 5.33. The van der Waals surface area contributed by atoms with Crippen molar-refractivity contribution in [3.63, 3.8) is 0 Å². The molecule has 2 aromatic rings. The van der Waals surface area contributed by atoms with Crippen LogP contribution >= 0.6 is 0 Å². The number of hydrogen-bond acceptors (Lipinski definition) is 5. The Bertz CT molecular complexity index is 644. The molecule has 90 valence electrons. The van der Waals surface area contributed by atoms with E-state index in [1.54, 1.807) is 6.07 Å². The second-order valence-corrected chi connectivity index (χ2v) is 3.36. The van der Waals surface area contributed by atoms with Crippen LogP contribution in [0.5, 0.6) is 0 Å². The number of benzene rings is 1. The van der Waals surface area contributed by atoms with Crippen LogP contribution in [0.3, 0.4) is 0 Å². The van der Waals surface area contributed by atoms with Crippen LogP contribution in [0.15, 0.2) is 18.2 Å². The van der Waals surface area contributed by atoms with Crippen LogP contribution in [-0.4, -0.2) is 26.1 Å². The number of carbonyl (C=O) groups excluding carboxylic acids is 1. The van der Waals surface area contributed by atoms with E-state index in [2.05, 4.69) is 20.7 Å². The maximum absolute atomic E-state index is 13.5. The Kier molecular flexibility index (Phi) is 2.97. The van der Waals surface area contributed by atoms with Gasteiger partial charge in [-0.2, -0.15) is 10.1 Å². The first-order valence-corrected chi connectivity index (χ1v) is 4.85. The number of carbonyl (C=O) groups is 1. The number of aromatic nitrogens is 4. The number of aryl methyl sites for hydroxylation is 1. The molecule has 1 aromatic carbocycles. The summed E-state index contributed by atoms with van der Waals surface area (Å²) in [5.74, 6) is -1.51. The van der Waals surface area contributed by atoms with Gasteiger partial charge in [-0.1, -0.05) is 5.10 Å². The molecule has 18 heavy (non-hydrogen) atoms. The molecule has 1 aromatic heterocycles. The molecule has 0 saturated carbocycles. The number of nitrogens with one attached hydrogen (secondary N) is 1. The Balaban J connectivity index is 2.22. The van der Waals surface area contributed by atoms with Gasteiger partial charge in [0.1, 0.15) is 5.82 Å². The number of hydrogen-bond donors (Lipinski definition) is 1. The van der Waals surface area contributed by atoms with E-state index in [0.29, 0.717) is 0 Å². The smallest absolute Gasteiger partial charge is 0.270 e. The van der Waals surface area contributed by atoms with Crippen LogP contribution in [0.1, 0.15) is 15.9 Å². The molecule has 0 atom stereocenters. The highest BCUT2D eigenvalue weighted by Crippen LogP contribution is 2.11. The molecule has 2 rings (SSSR count). The normalized spacial score (nSPS) is 9.83. The van der Waals surface area contributed by atoms with Crippen molar-refractivity contribution in [2.45, 2.75) is 0 Å². The van der Waals surface area contributed by atoms with Gasteiger partial charge in [0.15, 0.2) is 0 Å². The van der Waals surface area contributed by atoms with Crippen molar-refractivity contribution in [3.05, 3.63) is 35.1 Å². The van der Waals surface area contributed by atoms with E-state index >= 15 is 0 Å². The van der Waals surface area contributed by atoms with Crippen molar-refractivity contribution in [2.24, 2.45) is 7.05 Å². The molecule has 0 aliphatic heterocycles. The minimum atomic E-state index is -0.782. The number of halogens is 1. The van der Waals surface area contributed by atoms with Gasteiger partial charge in [-0.3, -0.25) is 10.1 Å². The molecule has 0 fully saturated rings. The predicted octanol–water partition coefficient (Wildman–Crippen LogP) is 0.473. The lowest BCUT2D eigenvalue weighted by atomic mass is 10.1. The fourth-order valence-corrected chi connectivity index (χ4v) is 1.27. The number of nitrogens with zero attached hydrogens (tertiary/aromatic N) is 5. The zero-order valence-corrected chi connectivity index (χ0v) is 9.25. The van der Waals surface area contributed by atoms with E-state index in [-0.39, 0.29) is 17.1 Å². The first-order valence-electron chi connectivity index (χ1n) is 4.85. The maximum Gasteiger partial charge on any atom is 0.270 e. The Hall–Kier alpha value is -2.82. The minimum absolute atomic E-state index is 0.0220. The van der Waals surface area contributed by atoms with Gasteiger partial charge in [-0.05, 0) is 23.4 Å². The summed E-state index contributed by atoms with van der Waals surface area (Å²) >= 11 is 0. The lowest BCUT2D eigenvalue weighted by molar-refractivity contribution is 0.102. The first-order chi connectivity index (χ1) is 8.60. The van der Waals surface area contributed by atoms with E-state index in [1.807, 2.05) is 0 Å². The van der Waals surface area contributed by atoms with Crippen molar-refractivity contribution in [1.82, 2.24) is 20.2 Å². The highest BCUT2D eigenvalue weighted by Gasteiger charge is 2.14. The topological polar surface area (TPSA) is 96.5 Å². The number of rotatable bonds is 2. The van der Waals surface area contributed by atoms with Gasteiger partial charge in [-0.25, -0.2) is 4.39 Å². The van der Waals surface area contributed by atoms with E-state index in [1.165, 1.54) is 19.2 Å². The van der Waals surface area contributed by atoms with E-state index in [9.17, 15) is 9.18 Å². The molecule has 0 saturated heterocycles. The maximum atomic E-state index is 13.5. The number of anilines is 1. The van der Waals surface area contributed by atoms with Crippen LogP contribution in [0.25, 0.3) is 0 Å². The molecule has 1 heterocycles. The molecule has 8 heteroatoms. The van der Waals surface area contributed by atoms with Crippen molar-refractivity contribution >= 4 is 11.9 Å². The summed E-state index contributed by atoms with van der Waals surface area (Å²) in [6.45, 7) is 0. The Labute approximate surface area is 101 Å². The van der Waals surface area contributed by atoms with Gasteiger partial charge in [0.05, 0.1) is 24.2 Å². The van der Waals surface area contributed by atoms with E-state index in [0.717, 1.165) is 10.9 Å². The Morgan fingerprint density at radius 3 is 2.89 bits per heavy atom. The lowest BCUT2D eigenvalue weighted by Gasteiger charge is -2.02. The SMILES string of the molecule is Cn1nnc(NC(=O)c2ccc(C#N)cc2F)n1. The molecule has 7 nitrogen and oxygen atoms in total. The average molecular weight is 246 g/mol. The number of amides is 1. The molecule has 0 bridgehead atoms. The van der Waals surface area contributed by atoms with Gasteiger partial charge in [0.25, 0.3) is 11.9 Å². The fourth-order valence-electron chi connectivity index (χ4n) is 1.27. The molecule has 1 amide bonds. The molecule has 0 unspecified atom stereocenters. The van der Waals surface area contributed by atoms with Crippen molar-refractivity contribution in [1.29, 1.82) is 5.26 Å². The summed E-state index contributed by atoms with van der Waals surface area (Å²) < 4.78 is 13.5. The molecule has 0 aliphatic carbocycles. The van der Waals surface area contributed by atoms with E-state index < -0.39 is 11.7 Å². The van der Waals surface area contributed by atoms with Crippen molar-refractivity contribution in [3.8, 4) is 6.07 Å². The molecular weight excluding hydrogens is 239 g/mol. The van der Waals surface area contributed by atoms with E-state index in [4.69, 9.17) is 5.26 Å². The van der Waals surface area contributed by atoms with Gasteiger partial charge in [0, 0.05) is 0 Å². The monoisotopic (exact) mass is 246 g/mol. The second-order valence-electron chi connectivity index (χ2n) is 3.36. The highest BCUT2D eigenvalue weighted by atomic mass is 19.1. The quantitative estimate of drug-likeness (QED) is 0.830. The zero-order valence-electron chi connectivity index (χ0n) is 9.25. The summed E-state index contributed by atoms with van der Waals surface area (Å²) in [6.07, 6.45) is 0. The van der Waals surface area contributed by atoms with Crippen molar-refractivity contribution < 1.29 is 9.18 Å². The molecule has 0 spiro atoms. The third kappa shape index (κ3) is 2.30. The summed E-state index contributed by atoms with van der Waals surface area (Å²) in [7, 11) is 1.53. The summed E-state index contributed by atoms with van der Waals surface area (Å²) in [5, 5.41) is 21.7. The minimum Gasteiger partial charge on any atom is -0.288 e. The lowest BCUT2D eigenvalue weighted by Crippen LogP contribution is -2.15. The Morgan fingerprint density at radius 2 is 2.33 bits per heavy atom. The summed E-state index contributed by atoms with van der Waals surface area (Å²) in [5.41, 5.74) is -0.0527. The molecule has 1 N–H and O–H groups in total. The van der Waals surface area contributed by atoms with Crippen LogP contribution < -0.4 is 5.32 Å². The molecule has 0 aliphatic rings. The molecule has 0 radical (unpaired) electrons. The summed E-state index contributed by atoms with van der Waals surface area (Å²) in [4.78, 5) is 12.9. The van der Waals surface area contributed by atoms with Crippen LogP contribution in [0.2, 0.25) is 0 Å². The van der Waals surface area contributed by atoms with Gasteiger partial charge >= 0.3 is 0 Å². The fraction of sp³-hybridized carbons (Fsp3) is 0.100. The van der Waals surface area contributed by atoms with Crippen LogP contribution in [0.4, 0.5) is 10.3 Å². The zero-order chi connectivity index (χ0) is 13.1. The third-order valence-corrected chi connectivity index (χ3v) is 2.08. The highest BCUT2D eigenvalue weighted by molar-refractivity contribution is 6.03. The standard InChI is InChI=1S/C10H7FN6O/c1-17-15-10(14-16-17)13-9(18)7-3-2-6(5-12)4-8(7)11/h2-4H,1H3,(H,13,15,18). The van der Waals surface area contributed by atoms with Gasteiger partial charge in [0.2, 0.25) is 0 Å². The molecular formula is C10H7FN6O. The average Bonchev–Trinajstić information content (AvgIpc) is 2.74. The number of tetrazole rings is 1. The first kappa shape index (κ1) is 11.7. The number of nitriles is 1. The largest absolute Gasteiger partial charge is 0.288 e. The third-order valence-electron chi connectivity index (χ3n) is 2.08. The van der Waals surface area contributed by atoms with Crippen LogP contribution in [0, 0.1) is 17.1 Å². The van der Waals surface area contributed by atoms with Crippen molar-refractivity contribution in [2.75, 3.05) is 5.32 Å². The second kappa shape index (κ2) is 4.58. The van der Waals surface area contributed by atoms with Gasteiger partial charge < -0.3 is 0 Å². The predicted molar refractivity (Wildman–Crippen MR) is 57.9 cm³/mol.